The van der Waals surface area contributed by atoms with E-state index in [-0.39, 0.29) is 6.04 Å². The summed E-state index contributed by atoms with van der Waals surface area (Å²) in [7, 11) is 0. The van der Waals surface area contributed by atoms with E-state index in [4.69, 9.17) is 0 Å². The molecule has 0 aromatic carbocycles. The summed E-state index contributed by atoms with van der Waals surface area (Å²) in [4.78, 5) is 0. The maximum atomic E-state index is 4.40. The first kappa shape index (κ1) is 12.7. The van der Waals surface area contributed by atoms with Crippen LogP contribution in [0.15, 0.2) is 12.3 Å². The summed E-state index contributed by atoms with van der Waals surface area (Å²) in [5.41, 5.74) is 0. The van der Waals surface area contributed by atoms with Gasteiger partial charge in [0.25, 0.3) is 0 Å². The number of rotatable bonds is 6. The third-order valence-electron chi connectivity index (χ3n) is 2.75. The Morgan fingerprint density at radius 3 is 2.89 bits per heavy atom. The Labute approximate surface area is 106 Å². The highest BCUT2D eigenvalue weighted by Crippen LogP contribution is 2.12. The van der Waals surface area contributed by atoms with Crippen LogP contribution in [0.5, 0.6) is 0 Å². The van der Waals surface area contributed by atoms with Gasteiger partial charge in [0.05, 0.1) is 6.04 Å². The van der Waals surface area contributed by atoms with Crippen LogP contribution in [-0.4, -0.2) is 36.5 Å². The summed E-state index contributed by atoms with van der Waals surface area (Å²) >= 11 is 0. The molecule has 1 atom stereocenters. The first-order valence-electron chi connectivity index (χ1n) is 6.31. The minimum Gasteiger partial charge on any atom is -0.307 e. The van der Waals surface area contributed by atoms with Crippen molar-refractivity contribution in [3.05, 3.63) is 18.1 Å². The van der Waals surface area contributed by atoms with Crippen LogP contribution in [-0.2, 0) is 6.54 Å². The van der Waals surface area contributed by atoms with Gasteiger partial charge < -0.3 is 5.32 Å². The summed E-state index contributed by atoms with van der Waals surface area (Å²) in [6.45, 7) is 8.00. The molecule has 0 aliphatic carbocycles. The van der Waals surface area contributed by atoms with Crippen LogP contribution in [0.25, 0.3) is 5.82 Å². The van der Waals surface area contributed by atoms with Gasteiger partial charge in [0, 0.05) is 18.8 Å². The first-order valence-corrected chi connectivity index (χ1v) is 6.31. The Morgan fingerprint density at radius 2 is 2.22 bits per heavy atom. The molecule has 18 heavy (non-hydrogen) atoms. The molecule has 7 nitrogen and oxygen atoms in total. The fourth-order valence-electron chi connectivity index (χ4n) is 1.72. The molecule has 0 fully saturated rings. The quantitative estimate of drug-likeness (QED) is 0.824. The Morgan fingerprint density at radius 1 is 1.39 bits per heavy atom. The molecule has 1 N–H and O–H groups in total. The summed E-state index contributed by atoms with van der Waals surface area (Å²) in [5.74, 6) is 1.53. The third-order valence-corrected chi connectivity index (χ3v) is 2.75. The van der Waals surface area contributed by atoms with Crippen LogP contribution < -0.4 is 5.32 Å². The molecule has 0 saturated heterocycles. The monoisotopic (exact) mass is 249 g/mol. The molecule has 0 amide bonds. The van der Waals surface area contributed by atoms with Crippen molar-refractivity contribution < 1.29 is 0 Å². The van der Waals surface area contributed by atoms with Crippen LogP contribution >= 0.6 is 0 Å². The normalized spacial score (nSPS) is 12.8. The third kappa shape index (κ3) is 2.56. The minimum absolute atomic E-state index is 0.103. The van der Waals surface area contributed by atoms with Gasteiger partial charge in [-0.05, 0) is 37.2 Å². The van der Waals surface area contributed by atoms with Crippen molar-refractivity contribution in [2.45, 2.75) is 39.8 Å². The number of hydrogen-bond acceptors (Lipinski definition) is 5. The van der Waals surface area contributed by atoms with Gasteiger partial charge in [-0.1, -0.05) is 6.92 Å². The van der Waals surface area contributed by atoms with Crippen molar-refractivity contribution in [2.24, 2.45) is 0 Å². The lowest BCUT2D eigenvalue weighted by atomic mass is 10.3. The zero-order valence-corrected chi connectivity index (χ0v) is 11.0. The molecule has 2 rings (SSSR count). The van der Waals surface area contributed by atoms with Gasteiger partial charge in [-0.2, -0.15) is 9.78 Å². The molecule has 2 heterocycles. The van der Waals surface area contributed by atoms with Gasteiger partial charge in [0.2, 0.25) is 0 Å². The second kappa shape index (κ2) is 5.72. The molecule has 98 valence electrons. The van der Waals surface area contributed by atoms with E-state index in [0.717, 1.165) is 31.2 Å². The zero-order chi connectivity index (χ0) is 13.0. The van der Waals surface area contributed by atoms with Crippen molar-refractivity contribution in [1.82, 2.24) is 35.3 Å². The highest BCUT2D eigenvalue weighted by molar-refractivity contribution is 5.19. The zero-order valence-electron chi connectivity index (χ0n) is 11.0. The summed E-state index contributed by atoms with van der Waals surface area (Å²) in [5, 5.41) is 19.6. The lowest BCUT2D eigenvalue weighted by Crippen LogP contribution is -2.23. The van der Waals surface area contributed by atoms with E-state index in [1.54, 1.807) is 4.68 Å². The second-order valence-corrected chi connectivity index (χ2v) is 4.15. The van der Waals surface area contributed by atoms with Crippen LogP contribution in [0.1, 0.15) is 39.1 Å². The number of nitrogens with zero attached hydrogens (tertiary/aromatic N) is 6. The van der Waals surface area contributed by atoms with Gasteiger partial charge in [-0.15, -0.1) is 5.10 Å². The molecule has 0 radical (unpaired) electrons. The highest BCUT2D eigenvalue weighted by Gasteiger charge is 2.16. The molecular formula is C11H19N7. The molecular weight excluding hydrogens is 230 g/mol. The van der Waals surface area contributed by atoms with Crippen molar-refractivity contribution >= 4 is 0 Å². The van der Waals surface area contributed by atoms with Gasteiger partial charge in [0.1, 0.15) is 0 Å². The van der Waals surface area contributed by atoms with Gasteiger partial charge in [-0.25, -0.2) is 0 Å². The maximum absolute atomic E-state index is 4.40. The Hall–Kier alpha value is -1.76. The predicted octanol–water partition coefficient (Wildman–Crippen LogP) is 0.939. The van der Waals surface area contributed by atoms with Crippen molar-refractivity contribution in [1.29, 1.82) is 0 Å². The first-order chi connectivity index (χ1) is 8.76. The topological polar surface area (TPSA) is 73.5 Å². The molecule has 0 saturated carbocycles. The summed E-state index contributed by atoms with van der Waals surface area (Å²) in [6, 6.07) is 2.02. The Kier molecular flexibility index (Phi) is 4.03. The number of aromatic nitrogens is 6. The van der Waals surface area contributed by atoms with Crippen molar-refractivity contribution in [3.63, 3.8) is 0 Å². The van der Waals surface area contributed by atoms with Crippen molar-refractivity contribution in [3.8, 4) is 5.82 Å². The van der Waals surface area contributed by atoms with E-state index in [1.807, 2.05) is 23.9 Å². The molecule has 7 heteroatoms. The van der Waals surface area contributed by atoms with E-state index < -0.39 is 0 Å². The largest absolute Gasteiger partial charge is 0.307 e. The molecule has 1 unspecified atom stereocenters. The molecule has 0 aliphatic heterocycles. The van der Waals surface area contributed by atoms with Crippen LogP contribution in [0.4, 0.5) is 0 Å². The lowest BCUT2D eigenvalue weighted by molar-refractivity contribution is 0.527. The average Bonchev–Trinajstić information content (AvgIpc) is 3.03. The molecule has 0 spiro atoms. The number of tetrazole rings is 1. The lowest BCUT2D eigenvalue weighted by Gasteiger charge is -2.11. The SMILES string of the molecule is CCCNC(C)c1nnnn1-c1ccn(CC)n1. The number of hydrogen-bond donors (Lipinski definition) is 1. The van der Waals surface area contributed by atoms with E-state index in [0.29, 0.717) is 0 Å². The Balaban J connectivity index is 2.21. The fraction of sp³-hybridized carbons (Fsp3) is 0.636. The molecule has 2 aromatic rings. The van der Waals surface area contributed by atoms with Crippen molar-refractivity contribution in [2.75, 3.05) is 6.54 Å². The summed E-state index contributed by atoms with van der Waals surface area (Å²) in [6.07, 6.45) is 3.00. The van der Waals surface area contributed by atoms with Gasteiger partial charge in [-0.3, -0.25) is 4.68 Å². The van der Waals surface area contributed by atoms with Crippen LogP contribution in [0.2, 0.25) is 0 Å². The molecule has 0 aliphatic rings. The predicted molar refractivity (Wildman–Crippen MR) is 67.3 cm³/mol. The van der Waals surface area contributed by atoms with Crippen LogP contribution in [0.3, 0.4) is 0 Å². The van der Waals surface area contributed by atoms with E-state index >= 15 is 0 Å². The molecule has 2 aromatic heterocycles. The van der Waals surface area contributed by atoms with E-state index in [1.165, 1.54) is 0 Å². The summed E-state index contributed by atoms with van der Waals surface area (Å²) < 4.78 is 3.53. The Bertz CT molecular complexity index is 487. The van der Waals surface area contributed by atoms with E-state index in [2.05, 4.69) is 39.8 Å². The number of nitrogens with one attached hydrogen (secondary N) is 1. The van der Waals surface area contributed by atoms with Gasteiger partial charge in [0.15, 0.2) is 11.6 Å². The second-order valence-electron chi connectivity index (χ2n) is 4.15. The molecule has 0 bridgehead atoms. The minimum atomic E-state index is 0.103. The smallest absolute Gasteiger partial charge is 0.179 e. The average molecular weight is 249 g/mol. The van der Waals surface area contributed by atoms with E-state index in [9.17, 15) is 0 Å². The standard InChI is InChI=1S/C11H19N7/c1-4-7-12-9(3)11-13-15-16-18(11)10-6-8-17(5-2)14-10/h6,8-9,12H,4-5,7H2,1-3H3. The number of aryl methyl sites for hydroxylation is 1. The maximum Gasteiger partial charge on any atom is 0.179 e. The van der Waals surface area contributed by atoms with Gasteiger partial charge >= 0.3 is 0 Å². The fourth-order valence-corrected chi connectivity index (χ4v) is 1.72. The van der Waals surface area contributed by atoms with Crippen LogP contribution in [0, 0.1) is 0 Å². The highest BCUT2D eigenvalue weighted by atomic mass is 15.6.